The van der Waals surface area contributed by atoms with Crippen LogP contribution < -0.4 is 26.0 Å². The third kappa shape index (κ3) is 7.78. The summed E-state index contributed by atoms with van der Waals surface area (Å²) < 4.78 is 62.1. The van der Waals surface area contributed by atoms with Crippen LogP contribution in [-0.4, -0.2) is 72.1 Å². The number of rotatable bonds is 9. The van der Waals surface area contributed by atoms with Crippen molar-refractivity contribution in [1.29, 1.82) is 0 Å². The van der Waals surface area contributed by atoms with Crippen LogP contribution in [0.25, 0.3) is 0 Å². The van der Waals surface area contributed by atoms with E-state index in [2.05, 4.69) is 36.1 Å². The molecule has 4 N–H and O–H groups in total. The van der Waals surface area contributed by atoms with E-state index in [-0.39, 0.29) is 47.4 Å². The van der Waals surface area contributed by atoms with Crippen LogP contribution in [0, 0.1) is 5.82 Å². The minimum atomic E-state index is -4.75. The van der Waals surface area contributed by atoms with Crippen molar-refractivity contribution in [2.45, 2.75) is 76.2 Å². The smallest absolute Gasteiger partial charge is 0.421 e. The molecule has 1 aliphatic carbocycles. The van der Waals surface area contributed by atoms with Crippen LogP contribution in [0.4, 0.5) is 35.0 Å². The van der Waals surface area contributed by atoms with Gasteiger partial charge in [0.2, 0.25) is 11.9 Å². The molecule has 1 saturated carbocycles. The summed E-state index contributed by atoms with van der Waals surface area (Å²) >= 11 is 0. The summed E-state index contributed by atoms with van der Waals surface area (Å²) in [6, 6.07) is 1.33. The van der Waals surface area contributed by atoms with Crippen LogP contribution in [0.5, 0.6) is 5.75 Å². The number of methoxy groups -OCH3 is 1. The van der Waals surface area contributed by atoms with Gasteiger partial charge < -0.3 is 30.9 Å². The second-order valence-electron chi connectivity index (χ2n) is 10.7. The van der Waals surface area contributed by atoms with E-state index in [1.165, 1.54) is 13.2 Å². The lowest BCUT2D eigenvalue weighted by Crippen LogP contribution is -2.48. The Kier molecular flexibility index (Phi) is 10.1. The third-order valence-corrected chi connectivity index (χ3v) is 7.68. The fourth-order valence-electron chi connectivity index (χ4n) is 5.25. The largest absolute Gasteiger partial charge is 0.495 e. The van der Waals surface area contributed by atoms with Crippen LogP contribution in [0.15, 0.2) is 18.3 Å². The molecule has 1 aromatic carbocycles. The zero-order valence-electron chi connectivity index (χ0n) is 23.9. The monoisotopic (exact) mass is 595 g/mol. The van der Waals surface area contributed by atoms with Crippen molar-refractivity contribution in [1.82, 2.24) is 25.5 Å². The predicted molar refractivity (Wildman–Crippen MR) is 149 cm³/mol. The second kappa shape index (κ2) is 13.5. The maximum absolute atomic E-state index is 15.1. The van der Waals surface area contributed by atoms with Crippen LogP contribution in [0.3, 0.4) is 0 Å². The van der Waals surface area contributed by atoms with Gasteiger partial charge in [-0.2, -0.15) is 18.2 Å². The van der Waals surface area contributed by atoms with Gasteiger partial charge in [-0.05, 0) is 51.9 Å². The molecule has 1 saturated heterocycles. The first-order chi connectivity index (χ1) is 20.0. The number of likely N-dealkylation sites (tertiary alicyclic amines) is 1. The highest BCUT2D eigenvalue weighted by molar-refractivity contribution is 5.96. The number of amides is 2. The molecule has 2 amide bonds. The van der Waals surface area contributed by atoms with Gasteiger partial charge in [0.1, 0.15) is 22.9 Å². The first kappa shape index (κ1) is 31.3. The number of hydrogen-bond acceptors (Lipinski definition) is 8. The molecule has 2 atom stereocenters. The number of piperidine rings is 1. The summed E-state index contributed by atoms with van der Waals surface area (Å²) in [5.41, 5.74) is -1.26. The molecule has 0 unspecified atom stereocenters. The Labute approximate surface area is 242 Å². The van der Waals surface area contributed by atoms with E-state index in [1.807, 2.05) is 7.05 Å². The maximum Gasteiger partial charge on any atom is 0.421 e. The van der Waals surface area contributed by atoms with E-state index in [0.29, 0.717) is 19.0 Å². The lowest BCUT2D eigenvalue weighted by Gasteiger charge is -2.33. The van der Waals surface area contributed by atoms with Gasteiger partial charge in [0, 0.05) is 36.8 Å². The van der Waals surface area contributed by atoms with Crippen molar-refractivity contribution in [3.63, 3.8) is 0 Å². The standard InChI is InChI=1S/C28H37F4N7O3/c1-4-24(40)35-20-7-5-6-8-21(20)36-25-18(28(30,31)32)15-33-27(38-25)37-22-14-19(29)17(13-23(22)42-3)26(41)34-16-9-11-39(2)12-10-16/h13-16,20-21H,4-12H2,1-3H3,(H,34,41)(H,35,40)(H2,33,36,37,38)/t20-,21-/m1/s1. The van der Waals surface area contributed by atoms with E-state index >= 15 is 4.39 Å². The number of carbonyl (C=O) groups is 2. The van der Waals surface area contributed by atoms with Gasteiger partial charge in [0.25, 0.3) is 5.91 Å². The van der Waals surface area contributed by atoms with Crippen molar-refractivity contribution < 1.29 is 31.9 Å². The highest BCUT2D eigenvalue weighted by atomic mass is 19.4. The molecular weight excluding hydrogens is 558 g/mol. The number of nitrogens with zero attached hydrogens (tertiary/aromatic N) is 3. The van der Waals surface area contributed by atoms with Crippen molar-refractivity contribution in [2.75, 3.05) is 37.9 Å². The number of halogens is 4. The van der Waals surface area contributed by atoms with E-state index in [4.69, 9.17) is 4.74 Å². The average molecular weight is 596 g/mol. The molecule has 1 aliphatic heterocycles. The van der Waals surface area contributed by atoms with Crippen molar-refractivity contribution in [2.24, 2.45) is 0 Å². The summed E-state index contributed by atoms with van der Waals surface area (Å²) in [6.07, 6.45) is 0.429. The minimum absolute atomic E-state index is 0.0299. The summed E-state index contributed by atoms with van der Waals surface area (Å²) in [7, 11) is 3.32. The molecular formula is C28H37F4N7O3. The van der Waals surface area contributed by atoms with E-state index < -0.39 is 35.3 Å². The summed E-state index contributed by atoms with van der Waals surface area (Å²) in [4.78, 5) is 34.9. The molecule has 2 heterocycles. The fraction of sp³-hybridized carbons (Fsp3) is 0.571. The number of aromatic nitrogens is 2. The lowest BCUT2D eigenvalue weighted by atomic mass is 9.90. The molecule has 2 aromatic rings. The quantitative estimate of drug-likeness (QED) is 0.314. The number of carbonyl (C=O) groups excluding carboxylic acids is 2. The number of anilines is 3. The predicted octanol–water partition coefficient (Wildman–Crippen LogP) is 4.46. The molecule has 42 heavy (non-hydrogen) atoms. The first-order valence-corrected chi connectivity index (χ1v) is 14.1. The number of hydrogen-bond donors (Lipinski definition) is 4. The fourth-order valence-corrected chi connectivity index (χ4v) is 5.25. The van der Waals surface area contributed by atoms with E-state index in [1.54, 1.807) is 6.92 Å². The molecule has 10 nitrogen and oxygen atoms in total. The molecule has 14 heteroatoms. The molecule has 0 radical (unpaired) electrons. The summed E-state index contributed by atoms with van der Waals surface area (Å²) in [5, 5.41) is 11.3. The Morgan fingerprint density at radius 2 is 1.76 bits per heavy atom. The van der Waals surface area contributed by atoms with E-state index in [0.717, 1.165) is 44.8 Å². The van der Waals surface area contributed by atoms with Gasteiger partial charge in [-0.15, -0.1) is 0 Å². The molecule has 0 bridgehead atoms. The maximum atomic E-state index is 15.1. The normalized spacial score (nSPS) is 20.1. The number of benzene rings is 1. The minimum Gasteiger partial charge on any atom is -0.495 e. The molecule has 1 aromatic heterocycles. The Balaban J connectivity index is 1.56. The van der Waals surface area contributed by atoms with Crippen LogP contribution in [-0.2, 0) is 11.0 Å². The number of ether oxygens (including phenoxy) is 1. The van der Waals surface area contributed by atoms with Crippen molar-refractivity contribution in [3.8, 4) is 5.75 Å². The molecule has 230 valence electrons. The topological polar surface area (TPSA) is 121 Å². The van der Waals surface area contributed by atoms with Crippen molar-refractivity contribution in [3.05, 3.63) is 35.3 Å². The zero-order chi connectivity index (χ0) is 30.4. The highest BCUT2D eigenvalue weighted by Gasteiger charge is 2.37. The van der Waals surface area contributed by atoms with E-state index in [9.17, 15) is 22.8 Å². The third-order valence-electron chi connectivity index (χ3n) is 7.68. The average Bonchev–Trinajstić information content (AvgIpc) is 2.95. The number of nitrogens with one attached hydrogen (secondary N) is 4. The van der Waals surface area contributed by atoms with Gasteiger partial charge in [-0.25, -0.2) is 9.37 Å². The molecule has 2 aliphatic rings. The van der Waals surface area contributed by atoms with Gasteiger partial charge in [0.15, 0.2) is 0 Å². The van der Waals surface area contributed by atoms with Crippen LogP contribution in [0.1, 0.15) is 67.8 Å². The van der Waals surface area contributed by atoms with Gasteiger partial charge in [-0.3, -0.25) is 9.59 Å². The highest BCUT2D eigenvalue weighted by Crippen LogP contribution is 2.36. The van der Waals surface area contributed by atoms with Crippen LogP contribution in [0.2, 0.25) is 0 Å². The Morgan fingerprint density at radius 1 is 1.07 bits per heavy atom. The Bertz CT molecular complexity index is 1270. The Morgan fingerprint density at radius 3 is 2.40 bits per heavy atom. The van der Waals surface area contributed by atoms with Gasteiger partial charge >= 0.3 is 6.18 Å². The van der Waals surface area contributed by atoms with Gasteiger partial charge in [-0.1, -0.05) is 19.8 Å². The lowest BCUT2D eigenvalue weighted by molar-refractivity contribution is -0.137. The number of alkyl halides is 3. The zero-order valence-corrected chi connectivity index (χ0v) is 23.9. The SMILES string of the molecule is CCC(=O)N[C@@H]1CCCC[C@H]1Nc1nc(Nc2cc(F)c(C(=O)NC3CCN(C)CC3)cc2OC)ncc1C(F)(F)F. The van der Waals surface area contributed by atoms with Crippen LogP contribution >= 0.6 is 0 Å². The molecule has 2 fully saturated rings. The summed E-state index contributed by atoms with van der Waals surface area (Å²) in [6.45, 7) is 3.34. The molecule has 4 rings (SSSR count). The van der Waals surface area contributed by atoms with Crippen molar-refractivity contribution >= 4 is 29.3 Å². The second-order valence-corrected chi connectivity index (χ2v) is 10.7. The molecule has 0 spiro atoms. The summed E-state index contributed by atoms with van der Waals surface area (Å²) in [5.74, 6) is -2.23. The van der Waals surface area contributed by atoms with Gasteiger partial charge in [0.05, 0.1) is 18.4 Å². The first-order valence-electron chi connectivity index (χ1n) is 14.1. The Hall–Kier alpha value is -3.68.